The maximum Gasteiger partial charge on any atom is 0.412 e. The van der Waals surface area contributed by atoms with Crippen molar-refractivity contribution in [2.24, 2.45) is 0 Å². The zero-order valence-electron chi connectivity index (χ0n) is 24.1. The fourth-order valence-electron chi connectivity index (χ4n) is 5.90. The Bertz CT molecular complexity index is 1680. The molecular weight excluding hydrogens is 558 g/mol. The molecule has 13 nitrogen and oxygen atoms in total. The van der Waals surface area contributed by atoms with Gasteiger partial charge in [-0.15, -0.1) is 0 Å². The second-order valence-corrected chi connectivity index (χ2v) is 10.8. The number of fused-ring (bicyclic) bond motifs is 5. The number of aryl methyl sites for hydroxylation is 1. The fraction of sp³-hybridized carbons (Fsp3) is 0.433. The van der Waals surface area contributed by atoms with Crippen molar-refractivity contribution in [1.29, 1.82) is 0 Å². The number of aliphatic hydroxyl groups is 1. The van der Waals surface area contributed by atoms with Crippen LogP contribution in [0.5, 0.6) is 5.75 Å². The van der Waals surface area contributed by atoms with Gasteiger partial charge >= 0.3 is 12.1 Å². The summed E-state index contributed by atoms with van der Waals surface area (Å²) in [7, 11) is 0. The van der Waals surface area contributed by atoms with Gasteiger partial charge in [0.2, 0.25) is 5.91 Å². The predicted octanol–water partition coefficient (Wildman–Crippen LogP) is 2.77. The van der Waals surface area contributed by atoms with Crippen LogP contribution in [0, 0.1) is 0 Å². The molecular formula is C30H35N5O8. The summed E-state index contributed by atoms with van der Waals surface area (Å²) in [6.45, 7) is 4.03. The van der Waals surface area contributed by atoms with Crippen LogP contribution < -0.4 is 26.8 Å². The van der Waals surface area contributed by atoms with Gasteiger partial charge < -0.3 is 30.2 Å². The topological polar surface area (TPSA) is 195 Å². The molecule has 4 heterocycles. The molecule has 0 spiro atoms. The SMILES string of the molecule is CCc1c2c(nc3ccc(OC(=O)NCCCCCCC(=O)NO)c(N)c13)-c1cc3c(c(=O)n1C2)COC(=O)[C@]3(O)CC. The molecule has 2 amide bonds. The van der Waals surface area contributed by atoms with Crippen molar-refractivity contribution in [3.63, 3.8) is 0 Å². The summed E-state index contributed by atoms with van der Waals surface area (Å²) >= 11 is 0. The van der Waals surface area contributed by atoms with Crippen LogP contribution >= 0.6 is 0 Å². The molecule has 1 atom stereocenters. The van der Waals surface area contributed by atoms with Gasteiger partial charge in [-0.25, -0.2) is 20.1 Å². The standard InChI is InChI=1S/C30H35N5O8/c1-3-16-17-14-35-21(13-19-18(27(35)37)15-42-28(38)30(19,40)4-2)26(17)33-20-10-11-22(25(31)24(16)20)43-29(39)32-12-8-6-5-7-9-23(36)34-41/h10-11,13,40-41H,3-9,12,14-15,31H2,1-2H3,(H,32,39)(H,34,36)/t30-/m0/s1. The Morgan fingerprint density at radius 3 is 2.65 bits per heavy atom. The van der Waals surface area contributed by atoms with Crippen molar-refractivity contribution >= 4 is 34.6 Å². The van der Waals surface area contributed by atoms with Crippen molar-refractivity contribution in [1.82, 2.24) is 20.3 Å². The summed E-state index contributed by atoms with van der Waals surface area (Å²) in [4.78, 5) is 54.4. The number of rotatable bonds is 10. The van der Waals surface area contributed by atoms with E-state index in [1.807, 2.05) is 6.92 Å². The van der Waals surface area contributed by atoms with Crippen molar-refractivity contribution in [2.75, 3.05) is 12.3 Å². The van der Waals surface area contributed by atoms with E-state index in [-0.39, 0.29) is 54.1 Å². The van der Waals surface area contributed by atoms with Crippen LogP contribution in [0.1, 0.15) is 74.6 Å². The number of anilines is 1. The van der Waals surface area contributed by atoms with Gasteiger partial charge in [-0.3, -0.25) is 14.8 Å². The highest BCUT2D eigenvalue weighted by molar-refractivity contribution is 5.99. The van der Waals surface area contributed by atoms with E-state index >= 15 is 0 Å². The number of esters is 1. The number of benzene rings is 1. The molecule has 6 N–H and O–H groups in total. The summed E-state index contributed by atoms with van der Waals surface area (Å²) in [5.41, 5.74) is 9.92. The summed E-state index contributed by atoms with van der Waals surface area (Å²) < 4.78 is 12.3. The Morgan fingerprint density at radius 1 is 1.16 bits per heavy atom. The number of cyclic esters (lactones) is 1. The molecule has 5 rings (SSSR count). The zero-order valence-corrected chi connectivity index (χ0v) is 24.1. The van der Waals surface area contributed by atoms with Gasteiger partial charge in [0, 0.05) is 29.5 Å². The first kappa shape index (κ1) is 30.0. The Kier molecular flexibility index (Phi) is 8.38. The molecule has 228 valence electrons. The van der Waals surface area contributed by atoms with E-state index in [0.29, 0.717) is 48.1 Å². The number of nitrogens with zero attached hydrogens (tertiary/aromatic N) is 2. The maximum absolute atomic E-state index is 13.5. The van der Waals surface area contributed by atoms with Gasteiger partial charge in [0.05, 0.1) is 34.7 Å². The van der Waals surface area contributed by atoms with E-state index in [9.17, 15) is 24.3 Å². The lowest BCUT2D eigenvalue weighted by Gasteiger charge is -2.31. The first-order valence-electron chi connectivity index (χ1n) is 14.4. The number of hydroxylamine groups is 1. The highest BCUT2D eigenvalue weighted by Gasteiger charge is 2.45. The minimum atomic E-state index is -1.91. The quantitative estimate of drug-likeness (QED) is 0.0600. The van der Waals surface area contributed by atoms with Gasteiger partial charge in [0.25, 0.3) is 5.56 Å². The molecule has 0 fully saturated rings. The number of nitrogen functional groups attached to an aromatic ring is 1. The summed E-state index contributed by atoms with van der Waals surface area (Å²) in [6, 6.07) is 4.94. The largest absolute Gasteiger partial charge is 0.458 e. The molecule has 1 aromatic carbocycles. The molecule has 13 heteroatoms. The highest BCUT2D eigenvalue weighted by Crippen LogP contribution is 2.42. The van der Waals surface area contributed by atoms with Gasteiger partial charge in [-0.2, -0.15) is 0 Å². The van der Waals surface area contributed by atoms with Crippen LogP contribution in [0.25, 0.3) is 22.3 Å². The second-order valence-electron chi connectivity index (χ2n) is 10.8. The van der Waals surface area contributed by atoms with Crippen LogP contribution in [0.2, 0.25) is 0 Å². The number of aromatic nitrogens is 2. The number of hydrogen-bond acceptors (Lipinski definition) is 10. The molecule has 43 heavy (non-hydrogen) atoms. The minimum Gasteiger partial charge on any atom is -0.458 e. The third kappa shape index (κ3) is 5.30. The zero-order chi connectivity index (χ0) is 30.9. The van der Waals surface area contributed by atoms with Crippen molar-refractivity contribution in [3.05, 3.63) is 50.8 Å². The van der Waals surface area contributed by atoms with Crippen molar-refractivity contribution in [2.45, 2.75) is 77.5 Å². The molecule has 0 bridgehead atoms. The van der Waals surface area contributed by atoms with Gasteiger partial charge in [-0.05, 0) is 49.4 Å². The summed E-state index contributed by atoms with van der Waals surface area (Å²) in [6.07, 6.45) is 3.11. The van der Waals surface area contributed by atoms with Crippen molar-refractivity contribution < 1.29 is 34.2 Å². The number of nitrogens with one attached hydrogen (secondary N) is 2. The average Bonchev–Trinajstić information content (AvgIpc) is 3.37. The lowest BCUT2D eigenvalue weighted by atomic mass is 9.86. The molecule has 2 aromatic heterocycles. The fourth-order valence-corrected chi connectivity index (χ4v) is 5.90. The highest BCUT2D eigenvalue weighted by atomic mass is 16.6. The van der Waals surface area contributed by atoms with Crippen LogP contribution in [-0.2, 0) is 39.5 Å². The van der Waals surface area contributed by atoms with Gasteiger partial charge in [-0.1, -0.05) is 26.7 Å². The first-order valence-corrected chi connectivity index (χ1v) is 14.4. The minimum absolute atomic E-state index is 0.0539. The van der Waals surface area contributed by atoms with Crippen LogP contribution in [0.15, 0.2) is 23.0 Å². The van der Waals surface area contributed by atoms with Gasteiger partial charge in [0.15, 0.2) is 11.4 Å². The smallest absolute Gasteiger partial charge is 0.412 e. The van der Waals surface area contributed by atoms with Crippen molar-refractivity contribution in [3.8, 4) is 17.1 Å². The third-order valence-electron chi connectivity index (χ3n) is 8.25. The molecule has 0 unspecified atom stereocenters. The summed E-state index contributed by atoms with van der Waals surface area (Å²) in [5.74, 6) is -1.01. The number of nitrogens with two attached hydrogens (primary N) is 1. The number of hydrogen-bond donors (Lipinski definition) is 5. The lowest BCUT2D eigenvalue weighted by Crippen LogP contribution is -2.44. The molecule has 0 saturated carbocycles. The third-order valence-corrected chi connectivity index (χ3v) is 8.25. The van der Waals surface area contributed by atoms with Crippen LogP contribution in [0.4, 0.5) is 10.5 Å². The van der Waals surface area contributed by atoms with E-state index in [2.05, 4.69) is 5.32 Å². The lowest BCUT2D eigenvalue weighted by molar-refractivity contribution is -0.172. The Labute approximate surface area is 247 Å². The maximum atomic E-state index is 13.5. The van der Waals surface area contributed by atoms with E-state index < -0.39 is 23.6 Å². The van der Waals surface area contributed by atoms with Gasteiger partial charge in [0.1, 0.15) is 6.61 Å². The number of amides is 2. The molecule has 2 aliphatic heterocycles. The van der Waals surface area contributed by atoms with E-state index in [4.69, 9.17) is 25.4 Å². The molecule has 0 aliphatic carbocycles. The number of carbonyl (C=O) groups is 3. The normalized spacial score (nSPS) is 16.7. The molecule has 3 aromatic rings. The monoisotopic (exact) mass is 593 g/mol. The Hall–Kier alpha value is -4.49. The van der Waals surface area contributed by atoms with Crippen LogP contribution in [-0.4, -0.2) is 44.4 Å². The van der Waals surface area contributed by atoms with E-state index in [1.54, 1.807) is 35.2 Å². The summed E-state index contributed by atoms with van der Waals surface area (Å²) in [5, 5.41) is 23.0. The Balaban J connectivity index is 1.38. The molecule has 0 radical (unpaired) electrons. The number of unbranched alkanes of at least 4 members (excludes halogenated alkanes) is 3. The van der Waals surface area contributed by atoms with E-state index in [0.717, 1.165) is 24.0 Å². The Morgan fingerprint density at radius 2 is 1.93 bits per heavy atom. The second kappa shape index (κ2) is 12.0. The van der Waals surface area contributed by atoms with Crippen LogP contribution in [0.3, 0.4) is 0 Å². The first-order chi connectivity index (χ1) is 20.6. The average molecular weight is 594 g/mol. The van der Waals surface area contributed by atoms with E-state index in [1.165, 1.54) is 0 Å². The predicted molar refractivity (Wildman–Crippen MR) is 155 cm³/mol. The molecule has 0 saturated heterocycles. The number of ether oxygens (including phenoxy) is 2. The molecule has 2 aliphatic rings. The number of pyridine rings is 2. The number of carbonyl (C=O) groups excluding carboxylic acids is 3.